The second kappa shape index (κ2) is 7.29. The molecule has 1 fully saturated rings. The molecular weight excluding hydrogens is 196 g/mol. The Bertz CT molecular complexity index is 178. The first-order valence-electron chi connectivity index (χ1n) is 7.03. The smallest absolute Gasteiger partial charge is 0.0197 e. The molecule has 0 radical (unpaired) electrons. The number of hydrogen-bond acceptors (Lipinski definition) is 2. The molecule has 0 aromatic carbocycles. The number of hydrogen-bond donors (Lipinski definition) is 1. The molecule has 1 rings (SSSR count). The quantitative estimate of drug-likeness (QED) is 0.775. The summed E-state index contributed by atoms with van der Waals surface area (Å²) in [6.07, 6.45) is 3.97. The Morgan fingerprint density at radius 3 is 2.56 bits per heavy atom. The Labute approximate surface area is 102 Å². The Kier molecular flexibility index (Phi) is 6.37. The predicted octanol–water partition coefficient (Wildman–Crippen LogP) is 2.74. The van der Waals surface area contributed by atoms with Gasteiger partial charge in [-0.25, -0.2) is 0 Å². The molecule has 1 unspecified atom stereocenters. The Morgan fingerprint density at radius 2 is 1.94 bits per heavy atom. The summed E-state index contributed by atoms with van der Waals surface area (Å²) in [5.74, 6) is 1.64. The molecule has 96 valence electrons. The van der Waals surface area contributed by atoms with Crippen molar-refractivity contribution in [2.75, 3.05) is 26.2 Å². The van der Waals surface area contributed by atoms with Crippen LogP contribution in [0.4, 0.5) is 0 Å². The molecule has 0 aliphatic carbocycles. The minimum atomic E-state index is 0.717. The molecule has 0 amide bonds. The largest absolute Gasteiger partial charge is 0.313 e. The standard InChI is InChI=1S/C14H30N2/c1-12(2)6-9-16-8-5-7-15-14(11-16)10-13(3)4/h12-15H,5-11H2,1-4H3. The van der Waals surface area contributed by atoms with Crippen LogP contribution in [0.2, 0.25) is 0 Å². The van der Waals surface area contributed by atoms with E-state index in [1.54, 1.807) is 0 Å². The fraction of sp³-hybridized carbons (Fsp3) is 1.00. The first-order valence-corrected chi connectivity index (χ1v) is 7.03. The van der Waals surface area contributed by atoms with Crippen LogP contribution < -0.4 is 5.32 Å². The van der Waals surface area contributed by atoms with Crippen LogP contribution in [0, 0.1) is 11.8 Å². The third kappa shape index (κ3) is 5.86. The lowest BCUT2D eigenvalue weighted by Crippen LogP contribution is -2.39. The highest BCUT2D eigenvalue weighted by atomic mass is 15.2. The Morgan fingerprint density at radius 1 is 1.19 bits per heavy atom. The second-order valence-corrected chi connectivity index (χ2v) is 6.12. The van der Waals surface area contributed by atoms with E-state index in [-0.39, 0.29) is 0 Å². The molecule has 1 aliphatic rings. The fourth-order valence-electron chi connectivity index (χ4n) is 2.45. The lowest BCUT2D eigenvalue weighted by Gasteiger charge is -2.26. The molecule has 0 bridgehead atoms. The van der Waals surface area contributed by atoms with Gasteiger partial charge in [0.2, 0.25) is 0 Å². The van der Waals surface area contributed by atoms with Crippen molar-refractivity contribution >= 4 is 0 Å². The van der Waals surface area contributed by atoms with Crippen LogP contribution in [0.15, 0.2) is 0 Å². The van der Waals surface area contributed by atoms with E-state index in [9.17, 15) is 0 Å². The zero-order chi connectivity index (χ0) is 12.0. The van der Waals surface area contributed by atoms with Gasteiger partial charge in [0.15, 0.2) is 0 Å². The highest BCUT2D eigenvalue weighted by Gasteiger charge is 2.18. The van der Waals surface area contributed by atoms with E-state index in [0.717, 1.165) is 17.9 Å². The van der Waals surface area contributed by atoms with E-state index in [4.69, 9.17) is 0 Å². The van der Waals surface area contributed by atoms with Crippen molar-refractivity contribution in [1.29, 1.82) is 0 Å². The highest BCUT2D eigenvalue weighted by molar-refractivity contribution is 4.77. The van der Waals surface area contributed by atoms with Gasteiger partial charge in [0.05, 0.1) is 0 Å². The van der Waals surface area contributed by atoms with Gasteiger partial charge in [0, 0.05) is 12.6 Å². The molecule has 2 heteroatoms. The molecule has 0 aromatic heterocycles. The molecule has 1 atom stereocenters. The molecule has 0 aromatic rings. The summed E-state index contributed by atoms with van der Waals surface area (Å²) in [5, 5.41) is 3.69. The van der Waals surface area contributed by atoms with Gasteiger partial charge in [-0.05, 0) is 50.7 Å². The van der Waals surface area contributed by atoms with Crippen molar-refractivity contribution in [2.24, 2.45) is 11.8 Å². The van der Waals surface area contributed by atoms with Gasteiger partial charge >= 0.3 is 0 Å². The lowest BCUT2D eigenvalue weighted by molar-refractivity contribution is 0.242. The first kappa shape index (κ1) is 14.0. The topological polar surface area (TPSA) is 15.3 Å². The third-order valence-corrected chi connectivity index (χ3v) is 3.34. The van der Waals surface area contributed by atoms with Crippen molar-refractivity contribution in [3.63, 3.8) is 0 Å². The maximum Gasteiger partial charge on any atom is 0.0197 e. The second-order valence-electron chi connectivity index (χ2n) is 6.12. The molecule has 1 saturated heterocycles. The van der Waals surface area contributed by atoms with E-state index < -0.39 is 0 Å². The van der Waals surface area contributed by atoms with E-state index in [0.29, 0.717) is 0 Å². The van der Waals surface area contributed by atoms with Gasteiger partial charge in [-0.15, -0.1) is 0 Å². The third-order valence-electron chi connectivity index (χ3n) is 3.34. The molecular formula is C14H30N2. The summed E-state index contributed by atoms with van der Waals surface area (Å²) in [6.45, 7) is 14.3. The lowest BCUT2D eigenvalue weighted by atomic mass is 10.0. The number of nitrogens with zero attached hydrogens (tertiary/aromatic N) is 1. The average molecular weight is 226 g/mol. The molecule has 1 N–H and O–H groups in total. The van der Waals surface area contributed by atoms with Crippen LogP contribution in [0.5, 0.6) is 0 Å². The average Bonchev–Trinajstić information content (AvgIpc) is 2.39. The maximum absolute atomic E-state index is 3.69. The van der Waals surface area contributed by atoms with Gasteiger partial charge in [0.1, 0.15) is 0 Å². The van der Waals surface area contributed by atoms with E-state index in [2.05, 4.69) is 37.9 Å². The van der Waals surface area contributed by atoms with Gasteiger partial charge in [-0.2, -0.15) is 0 Å². The normalized spacial score (nSPS) is 24.0. The predicted molar refractivity (Wildman–Crippen MR) is 71.8 cm³/mol. The molecule has 2 nitrogen and oxygen atoms in total. The highest BCUT2D eigenvalue weighted by Crippen LogP contribution is 2.11. The summed E-state index contributed by atoms with van der Waals surface area (Å²) in [4.78, 5) is 2.66. The van der Waals surface area contributed by atoms with E-state index >= 15 is 0 Å². The molecule has 0 spiro atoms. The number of rotatable bonds is 5. The Hall–Kier alpha value is -0.0800. The van der Waals surface area contributed by atoms with Gasteiger partial charge < -0.3 is 10.2 Å². The number of nitrogens with one attached hydrogen (secondary N) is 1. The van der Waals surface area contributed by atoms with Crippen molar-refractivity contribution < 1.29 is 0 Å². The summed E-state index contributed by atoms with van der Waals surface area (Å²) < 4.78 is 0. The fourth-order valence-corrected chi connectivity index (χ4v) is 2.45. The minimum absolute atomic E-state index is 0.717. The zero-order valence-electron chi connectivity index (χ0n) is 11.6. The van der Waals surface area contributed by atoms with Crippen molar-refractivity contribution in [3.05, 3.63) is 0 Å². The van der Waals surface area contributed by atoms with Gasteiger partial charge in [-0.1, -0.05) is 27.7 Å². The van der Waals surface area contributed by atoms with Crippen molar-refractivity contribution in [2.45, 2.75) is 53.0 Å². The van der Waals surface area contributed by atoms with Crippen LogP contribution in [-0.2, 0) is 0 Å². The summed E-state index contributed by atoms with van der Waals surface area (Å²) in [5.41, 5.74) is 0. The maximum atomic E-state index is 3.69. The summed E-state index contributed by atoms with van der Waals surface area (Å²) >= 11 is 0. The van der Waals surface area contributed by atoms with Gasteiger partial charge in [0.25, 0.3) is 0 Å². The van der Waals surface area contributed by atoms with Gasteiger partial charge in [-0.3, -0.25) is 0 Å². The van der Waals surface area contributed by atoms with Crippen LogP contribution in [0.3, 0.4) is 0 Å². The van der Waals surface area contributed by atoms with Crippen LogP contribution in [0.25, 0.3) is 0 Å². The zero-order valence-corrected chi connectivity index (χ0v) is 11.6. The van der Waals surface area contributed by atoms with Crippen LogP contribution >= 0.6 is 0 Å². The first-order chi connectivity index (χ1) is 7.58. The summed E-state index contributed by atoms with van der Waals surface area (Å²) in [7, 11) is 0. The Balaban J connectivity index is 2.33. The summed E-state index contributed by atoms with van der Waals surface area (Å²) in [6, 6.07) is 0.717. The van der Waals surface area contributed by atoms with E-state index in [1.165, 1.54) is 45.4 Å². The van der Waals surface area contributed by atoms with E-state index in [1.807, 2.05) is 0 Å². The monoisotopic (exact) mass is 226 g/mol. The van der Waals surface area contributed by atoms with Crippen LogP contribution in [-0.4, -0.2) is 37.1 Å². The molecule has 1 heterocycles. The molecule has 16 heavy (non-hydrogen) atoms. The molecule has 1 aliphatic heterocycles. The van der Waals surface area contributed by atoms with Crippen molar-refractivity contribution in [1.82, 2.24) is 10.2 Å². The SMILES string of the molecule is CC(C)CCN1CCCNC(CC(C)C)C1. The van der Waals surface area contributed by atoms with Crippen molar-refractivity contribution in [3.8, 4) is 0 Å². The minimum Gasteiger partial charge on any atom is -0.313 e. The van der Waals surface area contributed by atoms with Crippen LogP contribution in [0.1, 0.15) is 47.0 Å². The molecule has 0 saturated carbocycles.